The van der Waals surface area contributed by atoms with Crippen LogP contribution in [0.4, 0.5) is 0 Å². The summed E-state index contributed by atoms with van der Waals surface area (Å²) < 4.78 is 0. The summed E-state index contributed by atoms with van der Waals surface area (Å²) in [5, 5.41) is 0. The van der Waals surface area contributed by atoms with E-state index in [1.165, 1.54) is 23.1 Å². The maximum absolute atomic E-state index is 4.70. The van der Waals surface area contributed by atoms with E-state index < -0.39 is 0 Å². The molecule has 0 bridgehead atoms. The molecule has 3 heteroatoms. The number of H-pyrrole nitrogens is 1. The lowest BCUT2D eigenvalue weighted by Gasteiger charge is -2.09. The number of hydrogen-bond donors (Lipinski definition) is 1. The van der Waals surface area contributed by atoms with E-state index >= 15 is 0 Å². The lowest BCUT2D eigenvalue weighted by Crippen LogP contribution is -1.94. The van der Waals surface area contributed by atoms with Crippen LogP contribution < -0.4 is 0 Å². The summed E-state index contributed by atoms with van der Waals surface area (Å²) in [6, 6.07) is 10.4. The lowest BCUT2D eigenvalue weighted by atomic mass is 9.99. The van der Waals surface area contributed by atoms with Crippen molar-refractivity contribution in [2.45, 2.75) is 40.0 Å². The number of benzene rings is 1. The molecule has 2 aromatic heterocycles. The molecule has 0 fully saturated rings. The third-order valence-electron chi connectivity index (χ3n) is 3.95. The number of fused-ring (bicyclic) bond motifs is 1. The first-order valence-electron chi connectivity index (χ1n) is 7.62. The van der Waals surface area contributed by atoms with Gasteiger partial charge in [0.15, 0.2) is 5.65 Å². The highest BCUT2D eigenvalue weighted by Gasteiger charge is 2.14. The van der Waals surface area contributed by atoms with E-state index in [1.807, 2.05) is 6.07 Å². The largest absolute Gasteiger partial charge is 0.340 e. The Hall–Kier alpha value is -2.16. The SMILES string of the molecule is CCCCc1nc2nc(C)c(-c3ccccc3)c(C)c2[nH]1. The van der Waals surface area contributed by atoms with Crippen molar-refractivity contribution >= 4 is 11.2 Å². The first-order valence-corrected chi connectivity index (χ1v) is 7.62. The van der Waals surface area contributed by atoms with Gasteiger partial charge in [-0.1, -0.05) is 43.7 Å². The normalized spacial score (nSPS) is 11.2. The molecule has 0 unspecified atom stereocenters. The molecular formula is C18H21N3. The maximum Gasteiger partial charge on any atom is 0.178 e. The molecule has 0 atom stereocenters. The molecular weight excluding hydrogens is 258 g/mol. The van der Waals surface area contributed by atoms with Gasteiger partial charge in [-0.15, -0.1) is 0 Å². The van der Waals surface area contributed by atoms with E-state index in [2.05, 4.69) is 55.0 Å². The van der Waals surface area contributed by atoms with Gasteiger partial charge in [0.05, 0.1) is 5.52 Å². The van der Waals surface area contributed by atoms with E-state index in [1.54, 1.807) is 0 Å². The topological polar surface area (TPSA) is 41.6 Å². The molecule has 0 amide bonds. The maximum atomic E-state index is 4.70. The Morgan fingerprint density at radius 1 is 1.05 bits per heavy atom. The van der Waals surface area contributed by atoms with E-state index in [9.17, 15) is 0 Å². The summed E-state index contributed by atoms with van der Waals surface area (Å²) in [6.45, 7) is 6.42. The van der Waals surface area contributed by atoms with Gasteiger partial charge in [0.25, 0.3) is 0 Å². The van der Waals surface area contributed by atoms with Crippen molar-refractivity contribution in [3.8, 4) is 11.1 Å². The third-order valence-corrected chi connectivity index (χ3v) is 3.95. The minimum absolute atomic E-state index is 0.843. The van der Waals surface area contributed by atoms with Crippen molar-refractivity contribution < 1.29 is 0 Å². The van der Waals surface area contributed by atoms with Crippen LogP contribution in [-0.4, -0.2) is 15.0 Å². The fourth-order valence-corrected chi connectivity index (χ4v) is 2.86. The molecule has 1 N–H and O–H groups in total. The van der Waals surface area contributed by atoms with Gasteiger partial charge in [0.1, 0.15) is 5.82 Å². The molecule has 1 aromatic carbocycles. The van der Waals surface area contributed by atoms with Crippen LogP contribution in [0.25, 0.3) is 22.3 Å². The summed E-state index contributed by atoms with van der Waals surface area (Å²) in [6.07, 6.45) is 3.33. The summed E-state index contributed by atoms with van der Waals surface area (Å²) in [5.41, 5.74) is 6.63. The van der Waals surface area contributed by atoms with Crippen LogP contribution in [0.15, 0.2) is 30.3 Å². The van der Waals surface area contributed by atoms with E-state index in [4.69, 9.17) is 4.98 Å². The van der Waals surface area contributed by atoms with Crippen LogP contribution in [0.5, 0.6) is 0 Å². The summed E-state index contributed by atoms with van der Waals surface area (Å²) in [5.74, 6) is 1.05. The van der Waals surface area contributed by atoms with Gasteiger partial charge >= 0.3 is 0 Å². The Labute approximate surface area is 125 Å². The number of aromatic nitrogens is 3. The number of rotatable bonds is 4. The van der Waals surface area contributed by atoms with Gasteiger partial charge in [-0.05, 0) is 31.4 Å². The summed E-state index contributed by atoms with van der Waals surface area (Å²) in [7, 11) is 0. The number of nitrogens with one attached hydrogen (secondary N) is 1. The van der Waals surface area contributed by atoms with Crippen molar-refractivity contribution in [2.75, 3.05) is 0 Å². The van der Waals surface area contributed by atoms with Gasteiger partial charge in [-0.3, -0.25) is 0 Å². The minimum atomic E-state index is 0.843. The van der Waals surface area contributed by atoms with Gasteiger partial charge in [-0.2, -0.15) is 0 Å². The second-order valence-corrected chi connectivity index (χ2v) is 5.55. The number of aryl methyl sites for hydroxylation is 3. The van der Waals surface area contributed by atoms with Crippen LogP contribution >= 0.6 is 0 Å². The molecule has 21 heavy (non-hydrogen) atoms. The molecule has 0 aliphatic carbocycles. The van der Waals surface area contributed by atoms with E-state index in [0.29, 0.717) is 0 Å². The fourth-order valence-electron chi connectivity index (χ4n) is 2.86. The Morgan fingerprint density at radius 3 is 2.52 bits per heavy atom. The van der Waals surface area contributed by atoms with Gasteiger partial charge in [-0.25, -0.2) is 9.97 Å². The molecule has 0 radical (unpaired) electrons. The highest BCUT2D eigenvalue weighted by molar-refractivity contribution is 5.85. The zero-order valence-corrected chi connectivity index (χ0v) is 12.9. The van der Waals surface area contributed by atoms with Gasteiger partial charge in [0, 0.05) is 17.7 Å². The van der Waals surface area contributed by atoms with Crippen molar-refractivity contribution in [1.82, 2.24) is 15.0 Å². The van der Waals surface area contributed by atoms with Gasteiger partial charge in [0.2, 0.25) is 0 Å². The van der Waals surface area contributed by atoms with Crippen LogP contribution in [0.3, 0.4) is 0 Å². The van der Waals surface area contributed by atoms with Crippen molar-refractivity contribution in [3.05, 3.63) is 47.4 Å². The number of hydrogen-bond acceptors (Lipinski definition) is 2. The molecule has 108 valence electrons. The predicted molar refractivity (Wildman–Crippen MR) is 87.4 cm³/mol. The van der Waals surface area contributed by atoms with Crippen molar-refractivity contribution in [2.24, 2.45) is 0 Å². The standard InChI is InChI=1S/C18H21N3/c1-4-5-11-15-20-17-12(2)16(13(3)19-18(17)21-15)14-9-7-6-8-10-14/h6-10H,4-5,11H2,1-3H3,(H,19,20,21). The summed E-state index contributed by atoms with van der Waals surface area (Å²) >= 11 is 0. The number of unbranched alkanes of at least 4 members (excludes halogenated alkanes) is 1. The Balaban J connectivity index is 2.14. The first-order chi connectivity index (χ1) is 10.2. The average molecular weight is 279 g/mol. The molecule has 2 heterocycles. The van der Waals surface area contributed by atoms with Crippen LogP contribution in [0, 0.1) is 13.8 Å². The van der Waals surface area contributed by atoms with Crippen molar-refractivity contribution in [3.63, 3.8) is 0 Å². The Kier molecular flexibility index (Phi) is 3.74. The monoisotopic (exact) mass is 279 g/mol. The number of pyridine rings is 1. The smallest absolute Gasteiger partial charge is 0.178 e. The molecule has 0 spiro atoms. The average Bonchev–Trinajstić information content (AvgIpc) is 2.89. The second-order valence-electron chi connectivity index (χ2n) is 5.55. The molecule has 3 rings (SSSR count). The van der Waals surface area contributed by atoms with E-state index in [0.717, 1.165) is 35.5 Å². The van der Waals surface area contributed by atoms with Crippen LogP contribution in [0.1, 0.15) is 36.8 Å². The number of nitrogens with zero attached hydrogens (tertiary/aromatic N) is 2. The molecule has 0 aliphatic heterocycles. The molecule has 0 saturated carbocycles. The minimum Gasteiger partial charge on any atom is -0.340 e. The molecule has 0 saturated heterocycles. The van der Waals surface area contributed by atoms with Gasteiger partial charge < -0.3 is 4.98 Å². The second kappa shape index (κ2) is 5.68. The predicted octanol–water partition coefficient (Wildman–Crippen LogP) is 4.58. The third kappa shape index (κ3) is 2.56. The summed E-state index contributed by atoms with van der Waals surface area (Å²) in [4.78, 5) is 12.8. The molecule has 0 aliphatic rings. The highest BCUT2D eigenvalue weighted by atomic mass is 15.0. The molecule has 3 nitrogen and oxygen atoms in total. The van der Waals surface area contributed by atoms with Crippen LogP contribution in [0.2, 0.25) is 0 Å². The van der Waals surface area contributed by atoms with Crippen molar-refractivity contribution in [1.29, 1.82) is 0 Å². The first kappa shape index (κ1) is 13.8. The van der Waals surface area contributed by atoms with Crippen LogP contribution in [-0.2, 0) is 6.42 Å². The lowest BCUT2D eigenvalue weighted by molar-refractivity contribution is 0.764. The Bertz CT molecular complexity index is 757. The fraction of sp³-hybridized carbons (Fsp3) is 0.333. The number of imidazole rings is 1. The number of aromatic amines is 1. The Morgan fingerprint density at radius 2 is 1.81 bits per heavy atom. The van der Waals surface area contributed by atoms with E-state index in [-0.39, 0.29) is 0 Å². The zero-order chi connectivity index (χ0) is 14.8. The molecule has 3 aromatic rings. The quantitative estimate of drug-likeness (QED) is 0.759. The zero-order valence-electron chi connectivity index (χ0n) is 12.9. The highest BCUT2D eigenvalue weighted by Crippen LogP contribution is 2.30.